The number of benzene rings is 1. The lowest BCUT2D eigenvalue weighted by Crippen LogP contribution is -2.46. The normalized spacial score (nSPS) is 21.5. The molecule has 3 atom stereocenters. The van der Waals surface area contributed by atoms with E-state index in [0.717, 1.165) is 27.2 Å². The summed E-state index contributed by atoms with van der Waals surface area (Å²) in [6.45, 7) is 4.40. The van der Waals surface area contributed by atoms with E-state index < -0.39 is 6.10 Å². The third-order valence-corrected chi connectivity index (χ3v) is 7.62. The van der Waals surface area contributed by atoms with E-state index in [1.807, 2.05) is 42.5 Å². The minimum absolute atomic E-state index is 0.0503. The number of pyridine rings is 2. The summed E-state index contributed by atoms with van der Waals surface area (Å²) in [5.74, 6) is 0.539. The summed E-state index contributed by atoms with van der Waals surface area (Å²) in [5, 5.41) is 20.9. The van der Waals surface area contributed by atoms with Crippen molar-refractivity contribution in [3.05, 3.63) is 53.9 Å². The summed E-state index contributed by atoms with van der Waals surface area (Å²) < 4.78 is 0. The second-order valence-corrected chi connectivity index (χ2v) is 10.1. The first kappa shape index (κ1) is 24.4. The maximum absolute atomic E-state index is 13.1. The number of aliphatic hydroxyl groups is 1. The molecule has 2 aromatic heterocycles. The van der Waals surface area contributed by atoms with Gasteiger partial charge in [-0.05, 0) is 50.2 Å². The van der Waals surface area contributed by atoms with Gasteiger partial charge in [-0.2, -0.15) is 0 Å². The molecule has 4 N–H and O–H groups in total. The van der Waals surface area contributed by atoms with E-state index in [1.165, 1.54) is 11.8 Å². The number of nitrogens with one attached hydrogen (secondary N) is 3. The lowest BCUT2D eigenvalue weighted by Gasteiger charge is -2.33. The number of aliphatic hydroxyl groups excluding tert-OH is 1. The van der Waals surface area contributed by atoms with Crippen molar-refractivity contribution >= 4 is 52.7 Å². The van der Waals surface area contributed by atoms with Crippen molar-refractivity contribution in [2.75, 3.05) is 16.4 Å². The molecule has 0 bridgehead atoms. The standard InChI is InChI=1S/C26H28N6O3S/c1-27-12-17-7-5-15-3-2-4-20(24(15)29-17)31-26(35)16-6-9-19(21(33)11-16)28-13-18-8-10-22-25(30-18)32-23(34)14-36-22/h2-5,7-8,10,16,19,21,28,33H,1,6,9,11-14H2,(H,31,35)(H,30,32,34)/t16-,19-,21-/m1/s1. The van der Waals surface area contributed by atoms with Gasteiger partial charge in [-0.25, -0.2) is 9.97 Å². The van der Waals surface area contributed by atoms with Gasteiger partial charge in [0.1, 0.15) is 5.82 Å². The highest BCUT2D eigenvalue weighted by atomic mass is 32.2. The van der Waals surface area contributed by atoms with E-state index in [2.05, 4.69) is 37.6 Å². The third kappa shape index (κ3) is 5.40. The maximum Gasteiger partial charge on any atom is 0.235 e. The number of anilines is 2. The first-order valence-corrected chi connectivity index (χ1v) is 12.9. The van der Waals surface area contributed by atoms with Crippen molar-refractivity contribution in [2.45, 2.75) is 49.4 Å². The third-order valence-electron chi connectivity index (χ3n) is 6.57. The molecule has 1 aromatic carbocycles. The number of para-hydroxylation sites is 1. The summed E-state index contributed by atoms with van der Waals surface area (Å²) in [5.41, 5.74) is 2.95. The van der Waals surface area contributed by atoms with Crippen LogP contribution < -0.4 is 16.0 Å². The molecule has 3 aromatic rings. The fourth-order valence-electron chi connectivity index (χ4n) is 4.69. The van der Waals surface area contributed by atoms with Crippen molar-refractivity contribution in [3.8, 4) is 0 Å². The highest BCUT2D eigenvalue weighted by Crippen LogP contribution is 2.31. The number of thioether (sulfide) groups is 1. The zero-order chi connectivity index (χ0) is 25.1. The van der Waals surface area contributed by atoms with Gasteiger partial charge in [0, 0.05) is 23.9 Å². The van der Waals surface area contributed by atoms with Crippen molar-refractivity contribution in [1.29, 1.82) is 0 Å². The Morgan fingerprint density at radius 2 is 2.03 bits per heavy atom. The minimum Gasteiger partial charge on any atom is -0.391 e. The van der Waals surface area contributed by atoms with E-state index >= 15 is 0 Å². The van der Waals surface area contributed by atoms with Crippen LogP contribution in [0.4, 0.5) is 11.5 Å². The minimum atomic E-state index is -0.654. The molecule has 10 heteroatoms. The quantitative estimate of drug-likeness (QED) is 0.364. The average molecular weight is 505 g/mol. The molecule has 2 amide bonds. The molecule has 0 spiro atoms. The van der Waals surface area contributed by atoms with Gasteiger partial charge in [-0.1, -0.05) is 18.2 Å². The molecule has 186 valence electrons. The van der Waals surface area contributed by atoms with Crippen LogP contribution in [0, 0.1) is 5.92 Å². The van der Waals surface area contributed by atoms with Gasteiger partial charge in [-0.3, -0.25) is 14.6 Å². The topological polar surface area (TPSA) is 129 Å². The lowest BCUT2D eigenvalue weighted by atomic mass is 9.83. The Morgan fingerprint density at radius 1 is 1.17 bits per heavy atom. The van der Waals surface area contributed by atoms with Crippen LogP contribution in [0.1, 0.15) is 30.7 Å². The summed E-state index contributed by atoms with van der Waals surface area (Å²) in [4.78, 5) is 38.7. The van der Waals surface area contributed by atoms with Crippen LogP contribution >= 0.6 is 11.8 Å². The summed E-state index contributed by atoms with van der Waals surface area (Å²) in [6, 6.07) is 13.3. The Bertz CT molecular complexity index is 1320. The first-order valence-electron chi connectivity index (χ1n) is 12.0. The van der Waals surface area contributed by atoms with Crippen molar-refractivity contribution in [1.82, 2.24) is 15.3 Å². The van der Waals surface area contributed by atoms with Crippen LogP contribution in [0.2, 0.25) is 0 Å². The molecule has 36 heavy (non-hydrogen) atoms. The number of hydrogen-bond acceptors (Lipinski definition) is 8. The smallest absolute Gasteiger partial charge is 0.235 e. The molecular formula is C26H28N6O3S. The molecule has 1 aliphatic carbocycles. The zero-order valence-electron chi connectivity index (χ0n) is 19.7. The van der Waals surface area contributed by atoms with Crippen molar-refractivity contribution < 1.29 is 14.7 Å². The van der Waals surface area contributed by atoms with Gasteiger partial charge in [0.2, 0.25) is 11.8 Å². The molecule has 0 radical (unpaired) electrons. The molecular weight excluding hydrogens is 476 g/mol. The number of aromatic nitrogens is 2. The molecule has 1 saturated carbocycles. The van der Waals surface area contributed by atoms with Gasteiger partial charge >= 0.3 is 0 Å². The molecule has 0 unspecified atom stereocenters. The molecule has 9 nitrogen and oxygen atoms in total. The van der Waals surface area contributed by atoms with Crippen molar-refractivity contribution in [2.24, 2.45) is 10.9 Å². The number of hydrogen-bond donors (Lipinski definition) is 4. The Hall–Kier alpha value is -3.34. The second kappa shape index (κ2) is 10.7. The summed E-state index contributed by atoms with van der Waals surface area (Å²) in [7, 11) is 0. The fourth-order valence-corrected chi connectivity index (χ4v) is 5.44. The van der Waals surface area contributed by atoms with E-state index in [1.54, 1.807) is 0 Å². The van der Waals surface area contributed by atoms with Crippen LogP contribution in [0.25, 0.3) is 10.9 Å². The fraction of sp³-hybridized carbons (Fsp3) is 0.346. The van der Waals surface area contributed by atoms with Crippen molar-refractivity contribution in [3.63, 3.8) is 0 Å². The SMILES string of the molecule is C=NCc1ccc2cccc(NC(=O)[C@@H]3CC[C@@H](NCc4ccc5c(n4)NC(=O)CS5)[C@H](O)C3)c2n1. The Balaban J connectivity index is 1.18. The number of carbonyl (C=O) groups is 2. The molecule has 0 saturated heterocycles. The zero-order valence-corrected chi connectivity index (χ0v) is 20.6. The monoisotopic (exact) mass is 504 g/mol. The van der Waals surface area contributed by atoms with E-state index in [-0.39, 0.29) is 23.8 Å². The highest BCUT2D eigenvalue weighted by molar-refractivity contribution is 8.00. The molecule has 2 aliphatic rings. The van der Waals surface area contributed by atoms with Crippen LogP contribution in [0.5, 0.6) is 0 Å². The van der Waals surface area contributed by atoms with Crippen LogP contribution in [0.3, 0.4) is 0 Å². The van der Waals surface area contributed by atoms with E-state index in [4.69, 9.17) is 0 Å². The van der Waals surface area contributed by atoms with E-state index in [0.29, 0.717) is 49.6 Å². The van der Waals surface area contributed by atoms with Gasteiger partial charge in [-0.15, -0.1) is 11.8 Å². The Morgan fingerprint density at radius 3 is 2.86 bits per heavy atom. The summed E-state index contributed by atoms with van der Waals surface area (Å²) >= 11 is 1.48. The van der Waals surface area contributed by atoms with Gasteiger partial charge < -0.3 is 21.1 Å². The van der Waals surface area contributed by atoms with Crippen LogP contribution in [-0.2, 0) is 22.7 Å². The largest absolute Gasteiger partial charge is 0.391 e. The number of fused-ring (bicyclic) bond motifs is 2. The highest BCUT2D eigenvalue weighted by Gasteiger charge is 2.33. The lowest BCUT2D eigenvalue weighted by molar-refractivity contribution is -0.122. The second-order valence-electron chi connectivity index (χ2n) is 9.10. The number of rotatable bonds is 7. The molecule has 1 aliphatic heterocycles. The number of aliphatic imine (C=N–C) groups is 1. The van der Waals surface area contributed by atoms with E-state index in [9.17, 15) is 14.7 Å². The number of amides is 2. The molecule has 3 heterocycles. The predicted molar refractivity (Wildman–Crippen MR) is 141 cm³/mol. The Labute approximate surface area is 213 Å². The average Bonchev–Trinajstić information content (AvgIpc) is 2.88. The van der Waals surface area contributed by atoms with Gasteiger partial charge in [0.25, 0.3) is 0 Å². The van der Waals surface area contributed by atoms with Gasteiger partial charge in [0.05, 0.1) is 45.9 Å². The number of nitrogens with zero attached hydrogens (tertiary/aromatic N) is 3. The predicted octanol–water partition coefficient (Wildman–Crippen LogP) is 3.13. The molecule has 1 fully saturated rings. The Kier molecular flexibility index (Phi) is 7.26. The molecule has 5 rings (SSSR count). The number of carbonyl (C=O) groups excluding carboxylic acids is 2. The van der Waals surface area contributed by atoms with Crippen LogP contribution in [-0.4, -0.2) is 51.5 Å². The van der Waals surface area contributed by atoms with Crippen LogP contribution in [0.15, 0.2) is 52.4 Å². The van der Waals surface area contributed by atoms with Gasteiger partial charge in [0.15, 0.2) is 0 Å². The maximum atomic E-state index is 13.1. The first-order chi connectivity index (χ1) is 17.5. The summed E-state index contributed by atoms with van der Waals surface area (Å²) in [6.07, 6.45) is 1.05.